The molecule has 0 spiro atoms. The molecule has 6 atom stereocenters. The maximum Gasteiger partial charge on any atom is 0.414 e. The number of rotatable bonds is 23. The molecule has 4 aromatic carbocycles. The molecular formula is C67H74F2N16O11. The number of cyclic esters (lactones) is 2. The van der Waals surface area contributed by atoms with Crippen molar-refractivity contribution < 1.29 is 62.0 Å². The normalized spacial score (nSPS) is 18.6. The molecule has 4 fully saturated rings. The zero-order valence-electron chi connectivity index (χ0n) is 53.5. The van der Waals surface area contributed by atoms with E-state index in [0.717, 1.165) is 24.0 Å². The fourth-order valence-electron chi connectivity index (χ4n) is 13.0. The second-order valence-electron chi connectivity index (χ2n) is 25.1. The molecule has 4 saturated heterocycles. The summed E-state index contributed by atoms with van der Waals surface area (Å²) < 4.78 is 51.6. The number of hydrogen-bond donors (Lipinski definition) is 5. The highest BCUT2D eigenvalue weighted by molar-refractivity contribution is 5.92. The van der Waals surface area contributed by atoms with E-state index in [9.17, 15) is 39.0 Å². The van der Waals surface area contributed by atoms with Gasteiger partial charge in [0, 0.05) is 63.1 Å². The Kier molecular flexibility index (Phi) is 19.2. The van der Waals surface area contributed by atoms with Crippen LogP contribution in [0, 0.1) is 23.5 Å². The van der Waals surface area contributed by atoms with Crippen LogP contribution in [0.4, 0.5) is 39.3 Å². The van der Waals surface area contributed by atoms with E-state index in [-0.39, 0.29) is 81.5 Å². The van der Waals surface area contributed by atoms with Gasteiger partial charge in [0.25, 0.3) is 0 Å². The zero-order valence-corrected chi connectivity index (χ0v) is 53.5. The van der Waals surface area contributed by atoms with Crippen LogP contribution in [-0.4, -0.2) is 182 Å². The van der Waals surface area contributed by atoms with Crippen LogP contribution in [0.25, 0.3) is 44.8 Å². The number of nitrogens with zero attached hydrogens (tertiary/aromatic N) is 13. The first kappa shape index (κ1) is 65.5. The van der Waals surface area contributed by atoms with Crippen LogP contribution in [-0.2, 0) is 49.7 Å². The average Bonchev–Trinajstić information content (AvgIpc) is 1.59. The second-order valence-corrected chi connectivity index (χ2v) is 25.1. The van der Waals surface area contributed by atoms with Gasteiger partial charge < -0.3 is 49.5 Å². The van der Waals surface area contributed by atoms with Crippen molar-refractivity contribution in [2.75, 3.05) is 56.2 Å². The van der Waals surface area contributed by atoms with Crippen molar-refractivity contribution in [1.29, 1.82) is 0 Å². The third kappa shape index (κ3) is 14.1. The number of carboxylic acid groups (broad SMARTS) is 1. The largest absolute Gasteiger partial charge is 0.465 e. The molecule has 8 heterocycles. The summed E-state index contributed by atoms with van der Waals surface area (Å²) >= 11 is 0. The summed E-state index contributed by atoms with van der Waals surface area (Å²) in [5.41, 5.74) is 6.63. The van der Waals surface area contributed by atoms with Gasteiger partial charge in [0.05, 0.1) is 91.4 Å². The molecule has 502 valence electrons. The highest BCUT2D eigenvalue weighted by Crippen LogP contribution is 2.38. The van der Waals surface area contributed by atoms with E-state index in [1.807, 2.05) is 38.1 Å². The van der Waals surface area contributed by atoms with E-state index in [4.69, 9.17) is 19.2 Å². The lowest BCUT2D eigenvalue weighted by atomic mass is 10.0. The first-order valence-corrected chi connectivity index (χ1v) is 32.0. The zero-order chi connectivity index (χ0) is 67.5. The van der Waals surface area contributed by atoms with Crippen LogP contribution in [0.3, 0.4) is 0 Å². The Bertz CT molecular complexity index is 4150. The highest BCUT2D eigenvalue weighted by Gasteiger charge is 2.42. The van der Waals surface area contributed by atoms with Crippen molar-refractivity contribution in [3.05, 3.63) is 144 Å². The number of nitrogens with one attached hydrogen (secondary N) is 3. The maximum atomic E-state index is 15.9. The molecule has 0 unspecified atom stereocenters. The van der Waals surface area contributed by atoms with Crippen molar-refractivity contribution in [3.8, 4) is 44.8 Å². The van der Waals surface area contributed by atoms with E-state index in [1.165, 1.54) is 31.5 Å². The molecule has 27 nitrogen and oxygen atoms in total. The number of ether oxygens (including phenoxy) is 3. The predicted molar refractivity (Wildman–Crippen MR) is 344 cm³/mol. The van der Waals surface area contributed by atoms with E-state index < -0.39 is 60.3 Å². The van der Waals surface area contributed by atoms with Crippen molar-refractivity contribution in [2.24, 2.45) is 11.8 Å². The number of H-pyrrole nitrogens is 2. The summed E-state index contributed by atoms with van der Waals surface area (Å²) in [6.07, 6.45) is 5.69. The predicted octanol–water partition coefficient (Wildman–Crippen LogP) is 8.80. The van der Waals surface area contributed by atoms with Gasteiger partial charge in [-0.05, 0) is 96.2 Å². The minimum Gasteiger partial charge on any atom is -0.465 e. The number of carbonyl (C=O) groups excluding carboxylic acids is 5. The molecule has 0 aliphatic carbocycles. The van der Waals surface area contributed by atoms with Gasteiger partial charge in [0.2, 0.25) is 11.8 Å². The van der Waals surface area contributed by atoms with Crippen molar-refractivity contribution in [2.45, 2.75) is 116 Å². The molecule has 96 heavy (non-hydrogen) atoms. The van der Waals surface area contributed by atoms with E-state index in [0.29, 0.717) is 100 Å². The molecule has 29 heteroatoms. The Labute approximate surface area is 550 Å². The lowest BCUT2D eigenvalue weighted by Crippen LogP contribution is -2.52. The summed E-state index contributed by atoms with van der Waals surface area (Å²) in [6.45, 7) is 8.85. The third-order valence-corrected chi connectivity index (χ3v) is 17.9. The van der Waals surface area contributed by atoms with Crippen LogP contribution in [0.2, 0.25) is 0 Å². The average molecular weight is 1320 g/mol. The molecule has 4 aliphatic rings. The Morgan fingerprint density at radius 2 is 1.14 bits per heavy atom. The van der Waals surface area contributed by atoms with Gasteiger partial charge in [0.1, 0.15) is 47.6 Å². The molecule has 0 bridgehead atoms. The van der Waals surface area contributed by atoms with Crippen molar-refractivity contribution >= 4 is 47.6 Å². The maximum absolute atomic E-state index is 15.9. The SMILES string of the molecule is CC(C)[C@H](NC(=O)O)C(=O)N1CCC[C@H]1c1ncc(-c2ccc(-c3ccc(N4C[C@H](Cn5cc(CCOC(=O)N(C)[C@H](C(=O)N6CCC[C@H]6c6ncc(-c7ccc(-c8ccc(N9C[C@H](Cn%10cc(CCO)nn%10)OC9=O)cc8F)cc7)[nH]6)C(C)C)nn5)OC4=O)cc3F)cc2)[nH]1. The number of halogens is 2. The Balaban J connectivity index is 0.596. The minimum absolute atomic E-state index is 0.0606. The smallest absolute Gasteiger partial charge is 0.414 e. The number of likely N-dealkylation sites (tertiary alicyclic amines) is 2. The summed E-state index contributed by atoms with van der Waals surface area (Å²) in [6, 6.07) is 21.2. The number of aromatic nitrogens is 10. The molecule has 8 aromatic rings. The van der Waals surface area contributed by atoms with Crippen molar-refractivity contribution in [3.63, 3.8) is 0 Å². The van der Waals surface area contributed by atoms with Gasteiger partial charge >= 0.3 is 24.4 Å². The van der Waals surface area contributed by atoms with Crippen molar-refractivity contribution in [1.82, 2.24) is 69.9 Å². The number of aliphatic hydroxyl groups is 1. The number of hydrogen-bond acceptors (Lipinski definition) is 16. The summed E-state index contributed by atoms with van der Waals surface area (Å²) in [7, 11) is 1.54. The molecule has 5 N–H and O–H groups in total. The second kappa shape index (κ2) is 28.2. The third-order valence-electron chi connectivity index (χ3n) is 17.9. The number of likely N-dealkylation sites (N-methyl/N-ethyl adjacent to an activating group) is 1. The van der Waals surface area contributed by atoms with Gasteiger partial charge in [0.15, 0.2) is 0 Å². The monoisotopic (exact) mass is 1320 g/mol. The van der Waals surface area contributed by atoms with E-state index >= 15 is 8.78 Å². The summed E-state index contributed by atoms with van der Waals surface area (Å²) in [4.78, 5) is 102. The van der Waals surface area contributed by atoms with Gasteiger partial charge in [-0.1, -0.05) is 86.7 Å². The Morgan fingerprint density at radius 1 is 0.667 bits per heavy atom. The van der Waals surface area contributed by atoms with Crippen LogP contribution in [0.5, 0.6) is 0 Å². The summed E-state index contributed by atoms with van der Waals surface area (Å²) in [5, 5.41) is 37.3. The van der Waals surface area contributed by atoms with Gasteiger partial charge in [-0.3, -0.25) is 24.3 Å². The minimum atomic E-state index is -1.26. The Hall–Kier alpha value is -10.6. The standard InChI is InChI=1S/C67H74F2N16O11/c1-38(2)58(74-64(89)90)62(87)82-24-6-8-56(82)60-70-30-54(72-60)42-14-10-40(11-15-42)50-21-19-47(29-53(50)69)85-37-49(96-67(85)93)35-81-33-45(76-78-81)23-27-94-65(91)79(5)59(39(3)4)63(88)83-25-7-9-57(83)61-71-31-55(73-61)43-16-12-41(13-17-43)51-20-18-46(28-52(51)68)84-36-48(95-66(84)92)34-80-32-44(22-26-86)75-77-80/h10-21,28-33,38-39,48-49,56-59,74,86H,6-9,22-27,34-37H2,1-5H3,(H,70,72)(H,71,73)(H,89,90)/t48-,49-,56-,57-,58-,59-/m0/s1. The van der Waals surface area contributed by atoms with E-state index in [2.05, 4.69) is 40.9 Å². The van der Waals surface area contributed by atoms with Crippen LogP contribution >= 0.6 is 0 Å². The Morgan fingerprint density at radius 3 is 1.58 bits per heavy atom. The first-order valence-electron chi connectivity index (χ1n) is 32.0. The topological polar surface area (TPSA) is 318 Å². The van der Waals surface area contributed by atoms with Crippen LogP contribution in [0.1, 0.15) is 88.5 Å². The van der Waals surface area contributed by atoms with Crippen LogP contribution in [0.15, 0.2) is 110 Å². The number of carbonyl (C=O) groups is 6. The first-order chi connectivity index (χ1) is 46.3. The fourth-order valence-corrected chi connectivity index (χ4v) is 13.0. The molecule has 0 saturated carbocycles. The van der Waals surface area contributed by atoms with E-state index in [1.54, 1.807) is 109 Å². The summed E-state index contributed by atoms with van der Waals surface area (Å²) in [5.74, 6) is -0.952. The molecule has 4 aliphatic heterocycles. The molecule has 12 rings (SSSR count). The fraction of sp³-hybridized carbons (Fsp3) is 0.403. The highest BCUT2D eigenvalue weighted by atomic mass is 19.1. The van der Waals surface area contributed by atoms with Gasteiger partial charge in [-0.2, -0.15) is 0 Å². The number of amides is 6. The van der Waals surface area contributed by atoms with Gasteiger partial charge in [-0.15, -0.1) is 10.2 Å². The van der Waals surface area contributed by atoms with Crippen LogP contribution < -0.4 is 15.1 Å². The number of benzene rings is 4. The molecule has 6 amide bonds. The molecule has 0 radical (unpaired) electrons. The van der Waals surface area contributed by atoms with Gasteiger partial charge in [-0.25, -0.2) is 47.3 Å². The number of anilines is 2. The lowest BCUT2D eigenvalue weighted by molar-refractivity contribution is -0.138. The molecular weight excluding hydrogens is 1240 g/mol. The number of imidazole rings is 2. The number of aromatic amines is 2. The number of aliphatic hydroxyl groups excluding tert-OH is 1. The molecule has 4 aromatic heterocycles. The lowest BCUT2D eigenvalue weighted by Gasteiger charge is -2.34. The quantitative estimate of drug-likeness (QED) is 0.0373.